The van der Waals surface area contributed by atoms with Crippen molar-refractivity contribution in [2.45, 2.75) is 20.8 Å². The fourth-order valence-corrected chi connectivity index (χ4v) is 0.420. The first kappa shape index (κ1) is 12.1. The molecule has 0 aliphatic rings. The van der Waals surface area contributed by atoms with Crippen LogP contribution in [-0.4, -0.2) is 26.0 Å². The number of carbonyl (C=O) groups excluding carboxylic acids is 1. The van der Waals surface area contributed by atoms with Gasteiger partial charge < -0.3 is 10.6 Å². The van der Waals surface area contributed by atoms with Crippen LogP contribution in [0.1, 0.15) is 20.8 Å². The summed E-state index contributed by atoms with van der Waals surface area (Å²) in [5.41, 5.74) is 0. The quantitative estimate of drug-likeness (QED) is 0.604. The van der Waals surface area contributed by atoms with Gasteiger partial charge in [0.15, 0.2) is 0 Å². The van der Waals surface area contributed by atoms with Gasteiger partial charge in [-0.3, -0.25) is 4.79 Å². The highest BCUT2D eigenvalue weighted by molar-refractivity contribution is 5.77. The molecule has 3 nitrogen and oxygen atoms in total. The van der Waals surface area contributed by atoms with Crippen molar-refractivity contribution in [2.24, 2.45) is 0 Å². The SMILES string of the molecule is CC.CCNC(=O)CNC. The van der Waals surface area contributed by atoms with Gasteiger partial charge in [0.05, 0.1) is 6.54 Å². The third-order valence-corrected chi connectivity index (χ3v) is 0.711. The Morgan fingerprint density at radius 2 is 1.90 bits per heavy atom. The molecule has 0 saturated heterocycles. The predicted molar refractivity (Wildman–Crippen MR) is 44.0 cm³/mol. The number of amides is 1. The van der Waals surface area contributed by atoms with Gasteiger partial charge in [0.1, 0.15) is 0 Å². The maximum absolute atomic E-state index is 10.5. The van der Waals surface area contributed by atoms with Crippen molar-refractivity contribution in [3.05, 3.63) is 0 Å². The summed E-state index contributed by atoms with van der Waals surface area (Å²) in [6.07, 6.45) is 0. The number of likely N-dealkylation sites (N-methyl/N-ethyl adjacent to an activating group) is 2. The highest BCUT2D eigenvalue weighted by atomic mass is 16.1. The van der Waals surface area contributed by atoms with E-state index in [0.29, 0.717) is 13.1 Å². The summed E-state index contributed by atoms with van der Waals surface area (Å²) in [6, 6.07) is 0. The molecule has 0 aromatic carbocycles. The molecule has 3 heteroatoms. The van der Waals surface area contributed by atoms with Gasteiger partial charge in [-0.05, 0) is 14.0 Å². The predicted octanol–water partition coefficient (Wildman–Crippen LogP) is 0.368. The smallest absolute Gasteiger partial charge is 0.233 e. The van der Waals surface area contributed by atoms with Gasteiger partial charge >= 0.3 is 0 Å². The molecule has 0 atom stereocenters. The summed E-state index contributed by atoms with van der Waals surface area (Å²) in [5, 5.41) is 5.39. The lowest BCUT2D eigenvalue weighted by atomic mass is 10.6. The Bertz CT molecular complexity index is 66.0. The third kappa shape index (κ3) is 10.4. The number of rotatable bonds is 3. The average Bonchev–Trinajstić information content (AvgIpc) is 1.93. The van der Waals surface area contributed by atoms with Crippen LogP contribution in [0.3, 0.4) is 0 Å². The number of carbonyl (C=O) groups is 1. The van der Waals surface area contributed by atoms with E-state index >= 15 is 0 Å². The molecule has 0 spiro atoms. The van der Waals surface area contributed by atoms with E-state index in [1.54, 1.807) is 7.05 Å². The van der Waals surface area contributed by atoms with Gasteiger partial charge in [-0.1, -0.05) is 13.8 Å². The third-order valence-electron chi connectivity index (χ3n) is 0.711. The lowest BCUT2D eigenvalue weighted by Gasteiger charge is -1.97. The lowest BCUT2D eigenvalue weighted by Crippen LogP contribution is -2.31. The maximum atomic E-state index is 10.5. The van der Waals surface area contributed by atoms with E-state index in [0.717, 1.165) is 0 Å². The Hall–Kier alpha value is -0.570. The fraction of sp³-hybridized carbons (Fsp3) is 0.857. The molecule has 1 amide bonds. The minimum absolute atomic E-state index is 0.0509. The van der Waals surface area contributed by atoms with Gasteiger partial charge in [0.25, 0.3) is 0 Å². The van der Waals surface area contributed by atoms with Crippen molar-refractivity contribution in [3.63, 3.8) is 0 Å². The maximum Gasteiger partial charge on any atom is 0.233 e. The van der Waals surface area contributed by atoms with Gasteiger partial charge in [0.2, 0.25) is 5.91 Å². The number of hydrogen-bond acceptors (Lipinski definition) is 2. The topological polar surface area (TPSA) is 41.1 Å². The van der Waals surface area contributed by atoms with Crippen LogP contribution < -0.4 is 10.6 Å². The zero-order chi connectivity index (χ0) is 8.41. The molecule has 0 saturated carbocycles. The van der Waals surface area contributed by atoms with Crippen LogP contribution in [0.4, 0.5) is 0 Å². The van der Waals surface area contributed by atoms with Crippen molar-refractivity contribution in [3.8, 4) is 0 Å². The second-order valence-corrected chi connectivity index (χ2v) is 1.48. The molecule has 2 N–H and O–H groups in total. The van der Waals surface area contributed by atoms with E-state index < -0.39 is 0 Å². The molecular formula is C7H18N2O. The van der Waals surface area contributed by atoms with Crippen LogP contribution in [0.25, 0.3) is 0 Å². The zero-order valence-electron chi connectivity index (χ0n) is 7.32. The standard InChI is InChI=1S/C5H12N2O.C2H6/c1-3-7-5(8)4-6-2;1-2/h6H,3-4H2,1-2H3,(H,7,8);1-2H3. The van der Waals surface area contributed by atoms with E-state index in [1.807, 2.05) is 20.8 Å². The summed E-state index contributed by atoms with van der Waals surface area (Å²) >= 11 is 0. The molecule has 0 aromatic rings. The Balaban J connectivity index is 0. The summed E-state index contributed by atoms with van der Waals surface area (Å²) in [5.74, 6) is 0.0509. The van der Waals surface area contributed by atoms with Gasteiger partial charge in [-0.25, -0.2) is 0 Å². The van der Waals surface area contributed by atoms with Crippen LogP contribution in [-0.2, 0) is 4.79 Å². The highest BCUT2D eigenvalue weighted by Gasteiger charge is 1.91. The molecule has 10 heavy (non-hydrogen) atoms. The highest BCUT2D eigenvalue weighted by Crippen LogP contribution is 1.58. The second kappa shape index (κ2) is 11.3. The van der Waals surface area contributed by atoms with E-state index in [9.17, 15) is 4.79 Å². The Labute approximate surface area is 63.2 Å². The Morgan fingerprint density at radius 3 is 2.20 bits per heavy atom. The van der Waals surface area contributed by atoms with E-state index in [4.69, 9.17) is 0 Å². The van der Waals surface area contributed by atoms with Crippen molar-refractivity contribution in [1.82, 2.24) is 10.6 Å². The van der Waals surface area contributed by atoms with Gasteiger partial charge in [0, 0.05) is 6.54 Å². The van der Waals surface area contributed by atoms with Gasteiger partial charge in [-0.15, -0.1) is 0 Å². The Morgan fingerprint density at radius 1 is 1.40 bits per heavy atom. The molecule has 0 unspecified atom stereocenters. The largest absolute Gasteiger partial charge is 0.355 e. The molecule has 0 aliphatic heterocycles. The minimum Gasteiger partial charge on any atom is -0.355 e. The van der Waals surface area contributed by atoms with Crippen molar-refractivity contribution >= 4 is 5.91 Å². The number of nitrogens with one attached hydrogen (secondary N) is 2. The van der Waals surface area contributed by atoms with Crippen molar-refractivity contribution in [1.29, 1.82) is 0 Å². The van der Waals surface area contributed by atoms with Crippen LogP contribution in [0, 0.1) is 0 Å². The second-order valence-electron chi connectivity index (χ2n) is 1.48. The molecule has 0 aromatic heterocycles. The first-order valence-corrected chi connectivity index (χ1v) is 3.72. The van der Waals surface area contributed by atoms with Crippen molar-refractivity contribution in [2.75, 3.05) is 20.1 Å². The average molecular weight is 146 g/mol. The molecule has 0 bridgehead atoms. The normalized spacial score (nSPS) is 7.60. The van der Waals surface area contributed by atoms with E-state index in [1.165, 1.54) is 0 Å². The molecule has 0 heterocycles. The number of hydrogen-bond donors (Lipinski definition) is 2. The Kier molecular flexibility index (Phi) is 13.7. The van der Waals surface area contributed by atoms with Crippen molar-refractivity contribution < 1.29 is 4.79 Å². The zero-order valence-corrected chi connectivity index (χ0v) is 7.32. The molecule has 0 radical (unpaired) electrons. The summed E-state index contributed by atoms with van der Waals surface area (Å²) in [7, 11) is 1.75. The van der Waals surface area contributed by atoms with Crippen LogP contribution in [0.15, 0.2) is 0 Å². The van der Waals surface area contributed by atoms with Crippen LogP contribution in [0.2, 0.25) is 0 Å². The first-order valence-electron chi connectivity index (χ1n) is 3.72. The van der Waals surface area contributed by atoms with E-state index in [-0.39, 0.29) is 5.91 Å². The molecule has 0 aliphatic carbocycles. The summed E-state index contributed by atoms with van der Waals surface area (Å²) in [6.45, 7) is 7.02. The lowest BCUT2D eigenvalue weighted by molar-refractivity contribution is -0.120. The molecule has 0 fully saturated rings. The van der Waals surface area contributed by atoms with Gasteiger partial charge in [-0.2, -0.15) is 0 Å². The summed E-state index contributed by atoms with van der Waals surface area (Å²) < 4.78 is 0. The summed E-state index contributed by atoms with van der Waals surface area (Å²) in [4.78, 5) is 10.5. The monoisotopic (exact) mass is 146 g/mol. The minimum atomic E-state index is 0.0509. The van der Waals surface area contributed by atoms with Crippen LogP contribution in [0.5, 0.6) is 0 Å². The van der Waals surface area contributed by atoms with Crippen LogP contribution >= 0.6 is 0 Å². The molecule has 62 valence electrons. The molecule has 0 rings (SSSR count). The first-order chi connectivity index (χ1) is 4.81. The van der Waals surface area contributed by atoms with E-state index in [2.05, 4.69) is 10.6 Å². The molecular weight excluding hydrogens is 128 g/mol. The fourth-order valence-electron chi connectivity index (χ4n) is 0.420.